The molecule has 1 saturated heterocycles. The third-order valence-corrected chi connectivity index (χ3v) is 7.99. The van der Waals surface area contributed by atoms with Crippen LogP contribution in [0.3, 0.4) is 0 Å². The van der Waals surface area contributed by atoms with Crippen molar-refractivity contribution in [1.29, 1.82) is 0 Å². The first-order valence-corrected chi connectivity index (χ1v) is 11.9. The summed E-state index contributed by atoms with van der Waals surface area (Å²) < 4.78 is 2.81. The molecule has 0 aromatic rings. The van der Waals surface area contributed by atoms with E-state index in [1.54, 1.807) is 0 Å². The van der Waals surface area contributed by atoms with Gasteiger partial charge in [0.2, 0.25) is 0 Å². The average Bonchev–Trinajstić information content (AvgIpc) is 2.56. The van der Waals surface area contributed by atoms with Crippen molar-refractivity contribution in [3.8, 4) is 0 Å². The van der Waals surface area contributed by atoms with Crippen molar-refractivity contribution in [3.05, 3.63) is 0 Å². The molecule has 1 aliphatic rings. The Morgan fingerprint density at radius 1 is 0.833 bits per heavy atom. The van der Waals surface area contributed by atoms with Crippen molar-refractivity contribution in [2.75, 3.05) is 59.8 Å². The third-order valence-electron chi connectivity index (χ3n) is 5.89. The number of nitrogens with zero attached hydrogens (tertiary/aromatic N) is 4. The van der Waals surface area contributed by atoms with Crippen molar-refractivity contribution in [2.45, 2.75) is 64.5 Å². The summed E-state index contributed by atoms with van der Waals surface area (Å²) in [5.74, 6) is 0. The molecule has 0 spiro atoms. The molecule has 0 bridgehead atoms. The molecule has 0 aliphatic carbocycles. The maximum Gasteiger partial charge on any atom is 0.362 e. The molecule has 142 valence electrons. The Morgan fingerprint density at radius 3 is 1.79 bits per heavy atom. The van der Waals surface area contributed by atoms with E-state index in [9.17, 15) is 0 Å². The molecule has 2 unspecified atom stereocenters. The Kier molecular flexibility index (Phi) is 11.8. The highest BCUT2D eigenvalue weighted by Gasteiger charge is 2.19. The van der Waals surface area contributed by atoms with E-state index in [1.165, 1.54) is 70.1 Å². The third kappa shape index (κ3) is 8.65. The SMILES string of the molecule is CCC(CCCN1CC[N](CCCC(CC)N(C)C)[AlH][CH2]1)N(C)C. The summed E-state index contributed by atoms with van der Waals surface area (Å²) in [6.07, 6.45) is 8.03. The number of hydrogen-bond acceptors (Lipinski definition) is 4. The van der Waals surface area contributed by atoms with Gasteiger partial charge in [0.25, 0.3) is 0 Å². The zero-order valence-corrected chi connectivity index (χ0v) is 18.8. The molecule has 1 fully saturated rings. The van der Waals surface area contributed by atoms with Crippen LogP contribution < -0.4 is 0 Å². The van der Waals surface area contributed by atoms with Crippen LogP contribution in [0.25, 0.3) is 0 Å². The summed E-state index contributed by atoms with van der Waals surface area (Å²) in [7, 11) is 8.89. The molecule has 2 atom stereocenters. The van der Waals surface area contributed by atoms with Gasteiger partial charge in [-0.05, 0) is 91.8 Å². The Morgan fingerprint density at radius 2 is 1.38 bits per heavy atom. The topological polar surface area (TPSA) is 13.0 Å². The predicted molar refractivity (Wildman–Crippen MR) is 109 cm³/mol. The molecule has 0 aromatic heterocycles. The molecule has 0 saturated carbocycles. The molecule has 1 rings (SSSR count). The van der Waals surface area contributed by atoms with Crippen molar-refractivity contribution < 1.29 is 0 Å². The molecule has 0 radical (unpaired) electrons. The first-order chi connectivity index (χ1) is 11.5. The summed E-state index contributed by atoms with van der Waals surface area (Å²) in [5.41, 5.74) is 0. The van der Waals surface area contributed by atoms with Crippen LogP contribution in [0.15, 0.2) is 0 Å². The maximum absolute atomic E-state index is 2.81. The molecule has 1 heterocycles. The molecule has 0 amide bonds. The predicted octanol–water partition coefficient (Wildman–Crippen LogP) is 2.15. The Bertz CT molecular complexity index is 274. The highest BCUT2D eigenvalue weighted by molar-refractivity contribution is 6.32. The second kappa shape index (κ2) is 12.7. The lowest BCUT2D eigenvalue weighted by Gasteiger charge is -2.35. The van der Waals surface area contributed by atoms with E-state index in [0.717, 1.165) is 12.1 Å². The zero-order valence-electron chi connectivity index (χ0n) is 17.4. The summed E-state index contributed by atoms with van der Waals surface area (Å²) >= 11 is -0.0285. The van der Waals surface area contributed by atoms with E-state index < -0.39 is 0 Å². The van der Waals surface area contributed by atoms with Crippen molar-refractivity contribution in [2.24, 2.45) is 0 Å². The smallest absolute Gasteiger partial charge is 0.362 e. The molecule has 5 heteroatoms. The zero-order chi connectivity index (χ0) is 17.9. The van der Waals surface area contributed by atoms with Gasteiger partial charge in [-0.2, -0.15) is 0 Å². The van der Waals surface area contributed by atoms with Gasteiger partial charge in [-0.1, -0.05) is 13.8 Å². The largest absolute Gasteiger partial charge is 0.386 e. The van der Waals surface area contributed by atoms with Gasteiger partial charge in [-0.25, -0.2) is 0 Å². The Labute approximate surface area is 158 Å². The second-order valence-electron chi connectivity index (χ2n) is 8.02. The van der Waals surface area contributed by atoms with Gasteiger partial charge in [0.1, 0.15) is 0 Å². The molecule has 4 nitrogen and oxygen atoms in total. The van der Waals surface area contributed by atoms with Crippen LogP contribution in [0.4, 0.5) is 0 Å². The summed E-state index contributed by atoms with van der Waals surface area (Å²) in [5, 5.41) is 1.41. The van der Waals surface area contributed by atoms with E-state index >= 15 is 0 Å². The van der Waals surface area contributed by atoms with Crippen LogP contribution in [0.2, 0.25) is 0 Å². The highest BCUT2D eigenvalue weighted by atomic mass is 27.1. The lowest BCUT2D eigenvalue weighted by molar-refractivity contribution is 0.215. The molecule has 1 aliphatic heterocycles. The van der Waals surface area contributed by atoms with Crippen LogP contribution in [0.1, 0.15) is 52.4 Å². The Hall–Kier alpha value is 0.372. The molecular formula is C19H43AlN4. The minimum absolute atomic E-state index is 0.0285. The van der Waals surface area contributed by atoms with Crippen LogP contribution in [0.5, 0.6) is 0 Å². The number of rotatable bonds is 12. The molecular weight excluding hydrogens is 311 g/mol. The quantitative estimate of drug-likeness (QED) is 0.498. The van der Waals surface area contributed by atoms with Crippen molar-refractivity contribution in [3.63, 3.8) is 0 Å². The van der Waals surface area contributed by atoms with Gasteiger partial charge in [0.05, 0.1) is 0 Å². The minimum atomic E-state index is -0.0285. The molecule has 0 aromatic carbocycles. The first kappa shape index (κ1) is 22.4. The lowest BCUT2D eigenvalue weighted by Crippen LogP contribution is -2.49. The monoisotopic (exact) mass is 354 g/mol. The lowest BCUT2D eigenvalue weighted by atomic mass is 10.1. The molecule has 0 N–H and O–H groups in total. The van der Waals surface area contributed by atoms with E-state index in [4.69, 9.17) is 0 Å². The van der Waals surface area contributed by atoms with Crippen molar-refractivity contribution in [1.82, 2.24) is 18.6 Å². The second-order valence-corrected chi connectivity index (χ2v) is 9.81. The number of hydrogen-bond donors (Lipinski definition) is 0. The van der Waals surface area contributed by atoms with E-state index in [1.807, 2.05) is 0 Å². The van der Waals surface area contributed by atoms with Crippen LogP contribution in [-0.2, 0) is 0 Å². The fourth-order valence-corrected chi connectivity index (χ4v) is 5.82. The highest BCUT2D eigenvalue weighted by Crippen LogP contribution is 2.11. The maximum atomic E-state index is 2.81. The van der Waals surface area contributed by atoms with Gasteiger partial charge in [-0.3, -0.25) is 0 Å². The van der Waals surface area contributed by atoms with Crippen LogP contribution >= 0.6 is 0 Å². The summed E-state index contributed by atoms with van der Waals surface area (Å²) in [4.78, 5) is 7.52. The van der Waals surface area contributed by atoms with Gasteiger partial charge in [0, 0.05) is 18.6 Å². The normalized spacial score (nSPS) is 19.7. The minimum Gasteiger partial charge on any atom is -0.386 e. The summed E-state index contributed by atoms with van der Waals surface area (Å²) in [6, 6.07) is 1.54. The Balaban J connectivity index is 2.11. The fraction of sp³-hybridized carbons (Fsp3) is 1.00. The standard InChI is InChI=1S/C19H42N4.Al.H/c1-8-18(21(3)4)12-10-14-20-15-17-23(7)16-11-13-19(9-2)22(5)6;;/h18-19H,7-17H2,1-6H3;;/q-1;+1;. The molecule has 24 heavy (non-hydrogen) atoms. The van der Waals surface area contributed by atoms with E-state index in [0.29, 0.717) is 0 Å². The average molecular weight is 355 g/mol. The van der Waals surface area contributed by atoms with Gasteiger partial charge in [0.15, 0.2) is 0 Å². The van der Waals surface area contributed by atoms with Crippen LogP contribution in [0, 0.1) is 0 Å². The van der Waals surface area contributed by atoms with E-state index in [2.05, 4.69) is 60.6 Å². The fourth-order valence-electron chi connectivity index (χ4n) is 3.99. The van der Waals surface area contributed by atoms with Gasteiger partial charge >= 0.3 is 15.4 Å². The summed E-state index contributed by atoms with van der Waals surface area (Å²) in [6.45, 7) is 9.94. The van der Waals surface area contributed by atoms with Gasteiger partial charge < -0.3 is 18.6 Å². The van der Waals surface area contributed by atoms with E-state index in [-0.39, 0.29) is 15.4 Å². The van der Waals surface area contributed by atoms with Crippen LogP contribution in [-0.4, -0.2) is 106 Å². The van der Waals surface area contributed by atoms with Crippen molar-refractivity contribution >= 4 is 15.4 Å². The van der Waals surface area contributed by atoms with Gasteiger partial charge in [-0.15, -0.1) is 0 Å². The first-order valence-electron chi connectivity index (χ1n) is 10.2.